The first-order chi connectivity index (χ1) is 16.1. The largest absolute Gasteiger partial charge is 0.495 e. The summed E-state index contributed by atoms with van der Waals surface area (Å²) in [7, 11) is -2.42. The van der Waals surface area contributed by atoms with Crippen LogP contribution < -0.4 is 4.74 Å². The molecule has 1 fully saturated rings. The van der Waals surface area contributed by atoms with Crippen molar-refractivity contribution < 1.29 is 27.5 Å². The van der Waals surface area contributed by atoms with Crippen molar-refractivity contribution in [2.24, 2.45) is 5.92 Å². The predicted octanol–water partition coefficient (Wildman–Crippen LogP) is 3.98. The number of ether oxygens (including phenoxy) is 2. The zero-order valence-electron chi connectivity index (χ0n) is 20.6. The Morgan fingerprint density at radius 3 is 2.38 bits per heavy atom. The van der Waals surface area contributed by atoms with E-state index >= 15 is 0 Å². The van der Waals surface area contributed by atoms with Gasteiger partial charge in [-0.1, -0.05) is 13.8 Å². The summed E-state index contributed by atoms with van der Waals surface area (Å²) in [6.45, 7) is 9.42. The van der Waals surface area contributed by atoms with E-state index in [0.29, 0.717) is 24.6 Å². The molecule has 34 heavy (non-hydrogen) atoms. The van der Waals surface area contributed by atoms with Crippen LogP contribution >= 0.6 is 0 Å². The Balaban J connectivity index is 1.74. The van der Waals surface area contributed by atoms with E-state index in [9.17, 15) is 18.0 Å². The van der Waals surface area contributed by atoms with Gasteiger partial charge in [-0.2, -0.15) is 4.31 Å². The van der Waals surface area contributed by atoms with Crippen molar-refractivity contribution in [3.05, 3.63) is 46.8 Å². The molecule has 2 aromatic rings. The van der Waals surface area contributed by atoms with E-state index < -0.39 is 22.6 Å². The number of hydrogen-bond donors (Lipinski definition) is 0. The van der Waals surface area contributed by atoms with Crippen LogP contribution in [0.3, 0.4) is 0 Å². The highest BCUT2D eigenvalue weighted by Gasteiger charge is 2.31. The van der Waals surface area contributed by atoms with E-state index in [-0.39, 0.29) is 22.0 Å². The smallest absolute Gasteiger partial charge is 0.338 e. The van der Waals surface area contributed by atoms with Gasteiger partial charge in [-0.05, 0) is 63.3 Å². The number of esters is 1. The van der Waals surface area contributed by atoms with E-state index in [1.807, 2.05) is 19.9 Å². The summed E-state index contributed by atoms with van der Waals surface area (Å²) in [5, 5.41) is 0. The number of benzene rings is 1. The number of methoxy groups -OCH3 is 1. The molecule has 2 heterocycles. The Bertz CT molecular complexity index is 1160. The lowest BCUT2D eigenvalue weighted by molar-refractivity contribution is 0.0474. The summed E-state index contributed by atoms with van der Waals surface area (Å²) in [6, 6.07) is 5.95. The van der Waals surface area contributed by atoms with Crippen LogP contribution in [0.4, 0.5) is 0 Å². The number of nitrogens with zero attached hydrogens (tertiary/aromatic N) is 2. The van der Waals surface area contributed by atoms with Gasteiger partial charge in [0.05, 0.1) is 12.7 Å². The van der Waals surface area contributed by atoms with Crippen molar-refractivity contribution in [2.75, 3.05) is 26.8 Å². The van der Waals surface area contributed by atoms with Crippen LogP contribution in [0, 0.1) is 19.8 Å². The minimum Gasteiger partial charge on any atom is -0.495 e. The van der Waals surface area contributed by atoms with Gasteiger partial charge in [0.2, 0.25) is 15.8 Å². The third-order valence-corrected chi connectivity index (χ3v) is 8.14. The molecule has 186 valence electrons. The monoisotopic (exact) mass is 490 g/mol. The maximum absolute atomic E-state index is 13.0. The number of carbonyl (C=O) groups excluding carboxylic acids is 2. The second kappa shape index (κ2) is 10.7. The molecule has 0 N–H and O–H groups in total. The van der Waals surface area contributed by atoms with Gasteiger partial charge < -0.3 is 14.0 Å². The minimum atomic E-state index is -3.80. The molecule has 0 saturated carbocycles. The molecule has 0 aliphatic carbocycles. The number of hydrogen-bond acceptors (Lipinski definition) is 6. The summed E-state index contributed by atoms with van der Waals surface area (Å²) >= 11 is 0. The van der Waals surface area contributed by atoms with Gasteiger partial charge in [-0.25, -0.2) is 13.2 Å². The lowest BCUT2D eigenvalue weighted by Gasteiger charge is -2.18. The number of aryl methyl sites for hydroxylation is 1. The Labute approximate surface area is 201 Å². The van der Waals surface area contributed by atoms with Crippen LogP contribution in [0.2, 0.25) is 0 Å². The van der Waals surface area contributed by atoms with E-state index in [2.05, 4.69) is 18.4 Å². The topological polar surface area (TPSA) is 94.9 Å². The van der Waals surface area contributed by atoms with Crippen molar-refractivity contribution in [3.63, 3.8) is 0 Å². The molecule has 1 aromatic carbocycles. The second-order valence-electron chi connectivity index (χ2n) is 9.10. The van der Waals surface area contributed by atoms with Crippen molar-refractivity contribution in [1.29, 1.82) is 0 Å². The van der Waals surface area contributed by atoms with Crippen molar-refractivity contribution in [1.82, 2.24) is 8.87 Å². The third kappa shape index (κ3) is 5.52. The summed E-state index contributed by atoms with van der Waals surface area (Å²) in [5.74, 6) is -0.350. The normalized spacial score (nSPS) is 14.5. The molecular formula is C25H34N2O6S. The van der Waals surface area contributed by atoms with Crippen LogP contribution in [0.5, 0.6) is 5.75 Å². The van der Waals surface area contributed by atoms with Crippen molar-refractivity contribution in [2.45, 2.75) is 58.4 Å². The Morgan fingerprint density at radius 2 is 1.76 bits per heavy atom. The molecule has 0 atom stereocenters. The third-order valence-electron chi connectivity index (χ3n) is 6.22. The fraction of sp³-hybridized carbons (Fsp3) is 0.520. The Hall–Kier alpha value is -2.65. The fourth-order valence-electron chi connectivity index (χ4n) is 4.18. The van der Waals surface area contributed by atoms with Gasteiger partial charge in [0.15, 0.2) is 6.61 Å². The first kappa shape index (κ1) is 26.0. The van der Waals surface area contributed by atoms with Crippen LogP contribution in [-0.4, -0.2) is 55.8 Å². The molecule has 9 heteroatoms. The zero-order chi connectivity index (χ0) is 25.0. The minimum absolute atomic E-state index is 0.0498. The first-order valence-corrected chi connectivity index (χ1v) is 13.1. The van der Waals surface area contributed by atoms with Crippen molar-refractivity contribution in [3.8, 4) is 5.75 Å². The molecule has 1 aromatic heterocycles. The molecule has 0 unspecified atom stereocenters. The molecule has 0 radical (unpaired) electrons. The Kier molecular flexibility index (Phi) is 8.20. The molecular weight excluding hydrogens is 456 g/mol. The number of ketones is 1. The average Bonchev–Trinajstić information content (AvgIpc) is 3.44. The maximum Gasteiger partial charge on any atom is 0.338 e. The zero-order valence-corrected chi connectivity index (χ0v) is 21.4. The summed E-state index contributed by atoms with van der Waals surface area (Å²) in [4.78, 5) is 25.4. The molecule has 0 amide bonds. The predicted molar refractivity (Wildman–Crippen MR) is 129 cm³/mol. The summed E-state index contributed by atoms with van der Waals surface area (Å²) in [5.41, 5.74) is 2.41. The fourth-order valence-corrected chi connectivity index (χ4v) is 5.88. The number of aromatic nitrogens is 1. The Morgan fingerprint density at radius 1 is 1.09 bits per heavy atom. The van der Waals surface area contributed by atoms with Crippen LogP contribution in [0.25, 0.3) is 0 Å². The van der Waals surface area contributed by atoms with Gasteiger partial charge >= 0.3 is 5.97 Å². The molecule has 3 rings (SSSR count). The van der Waals surface area contributed by atoms with E-state index in [1.165, 1.54) is 29.6 Å². The standard InChI is InChI=1S/C25H34N2O6S/c1-17(2)10-13-27-18(3)14-21(19(27)4)22(28)16-33-25(29)20-8-9-23(32-5)24(15-20)34(30,31)26-11-6-7-12-26/h8-9,14-15,17H,6-7,10-13,16H2,1-5H3. The molecule has 1 aliphatic rings. The average molecular weight is 491 g/mol. The number of Topliss-reactive ketones (excluding diaryl/α,β-unsaturated/α-hetero) is 1. The number of carbonyl (C=O) groups is 2. The maximum atomic E-state index is 13.0. The highest BCUT2D eigenvalue weighted by Crippen LogP contribution is 2.30. The number of rotatable bonds is 10. The quantitative estimate of drug-likeness (QED) is 0.369. The lowest BCUT2D eigenvalue weighted by atomic mass is 10.1. The number of sulfonamides is 1. The molecule has 0 spiro atoms. The molecule has 8 nitrogen and oxygen atoms in total. The van der Waals surface area contributed by atoms with E-state index in [4.69, 9.17) is 9.47 Å². The summed E-state index contributed by atoms with van der Waals surface area (Å²) in [6.07, 6.45) is 2.59. The lowest BCUT2D eigenvalue weighted by Crippen LogP contribution is -2.28. The van der Waals surface area contributed by atoms with Crippen LogP contribution in [0.1, 0.15) is 65.2 Å². The SMILES string of the molecule is COc1ccc(C(=O)OCC(=O)c2cc(C)n(CCC(C)C)c2C)cc1S(=O)(=O)N1CCCC1. The van der Waals surface area contributed by atoms with Gasteiger partial charge in [0.1, 0.15) is 10.6 Å². The summed E-state index contributed by atoms with van der Waals surface area (Å²) < 4.78 is 40.1. The second-order valence-corrected chi connectivity index (χ2v) is 11.0. The van der Waals surface area contributed by atoms with E-state index in [0.717, 1.165) is 37.2 Å². The van der Waals surface area contributed by atoms with Gasteiger partial charge in [-0.15, -0.1) is 0 Å². The molecule has 1 saturated heterocycles. The first-order valence-electron chi connectivity index (χ1n) is 11.6. The van der Waals surface area contributed by atoms with Crippen LogP contribution in [0.15, 0.2) is 29.2 Å². The van der Waals surface area contributed by atoms with Gasteiger partial charge in [-0.3, -0.25) is 4.79 Å². The molecule has 1 aliphatic heterocycles. The van der Waals surface area contributed by atoms with Gasteiger partial charge in [0.25, 0.3) is 0 Å². The van der Waals surface area contributed by atoms with E-state index in [1.54, 1.807) is 0 Å². The highest BCUT2D eigenvalue weighted by molar-refractivity contribution is 7.89. The van der Waals surface area contributed by atoms with Crippen molar-refractivity contribution >= 4 is 21.8 Å². The highest BCUT2D eigenvalue weighted by atomic mass is 32.2. The molecule has 0 bridgehead atoms. The van der Waals surface area contributed by atoms with Gasteiger partial charge in [0, 0.05) is 36.6 Å². The van der Waals surface area contributed by atoms with Crippen LogP contribution in [-0.2, 0) is 21.3 Å².